The van der Waals surface area contributed by atoms with Crippen molar-refractivity contribution in [1.82, 2.24) is 15.0 Å². The Morgan fingerprint density at radius 1 is 0.786 bits per heavy atom. The van der Waals surface area contributed by atoms with Gasteiger partial charge in [-0.15, -0.1) is 0 Å². The highest BCUT2D eigenvalue weighted by Crippen LogP contribution is 2.22. The van der Waals surface area contributed by atoms with Gasteiger partial charge in [0.25, 0.3) is 0 Å². The molecule has 8 heteroatoms. The molecule has 0 amide bonds. The number of aromatic nitrogens is 3. The maximum absolute atomic E-state index is 9.58. The van der Waals surface area contributed by atoms with Crippen molar-refractivity contribution in [2.24, 2.45) is 10.9 Å². The molecular formula is C20H27N7O. The molecule has 0 spiro atoms. The first-order valence-corrected chi connectivity index (χ1v) is 10.1. The highest BCUT2D eigenvalue weighted by Gasteiger charge is 2.22. The topological polar surface area (TPSA) is 104 Å². The molecule has 0 atom stereocenters. The Balaban J connectivity index is 1.74. The van der Waals surface area contributed by atoms with Crippen LogP contribution in [0.15, 0.2) is 29.4 Å². The number of anilines is 2. The molecule has 28 heavy (non-hydrogen) atoms. The summed E-state index contributed by atoms with van der Waals surface area (Å²) in [5.41, 5.74) is 1.26. The molecule has 3 heterocycles. The standard InChI is InChI=1S/C20H27N7O/c21-25-17(15-7-9-16(28)10-8-15)18-22-19(26-11-3-1-4-12-26)24-20(23-18)27-13-5-2-6-14-27/h7-10,28H,1-6,11-14,21H2/b25-17+. The van der Waals surface area contributed by atoms with Crippen LogP contribution in [-0.4, -0.2) is 51.9 Å². The van der Waals surface area contributed by atoms with Gasteiger partial charge in [-0.1, -0.05) is 0 Å². The van der Waals surface area contributed by atoms with E-state index in [0.29, 0.717) is 23.4 Å². The Kier molecular flexibility index (Phi) is 5.55. The summed E-state index contributed by atoms with van der Waals surface area (Å²) in [4.78, 5) is 18.7. The zero-order chi connectivity index (χ0) is 19.3. The van der Waals surface area contributed by atoms with Crippen LogP contribution in [0.1, 0.15) is 49.9 Å². The molecule has 148 valence electrons. The van der Waals surface area contributed by atoms with Crippen LogP contribution < -0.4 is 15.6 Å². The van der Waals surface area contributed by atoms with Crippen molar-refractivity contribution in [2.45, 2.75) is 38.5 Å². The summed E-state index contributed by atoms with van der Waals surface area (Å²) < 4.78 is 0. The number of nitrogens with two attached hydrogens (primary N) is 1. The van der Waals surface area contributed by atoms with E-state index in [1.165, 1.54) is 12.8 Å². The Hall–Kier alpha value is -2.90. The molecule has 2 aliphatic rings. The smallest absolute Gasteiger partial charge is 0.230 e. The summed E-state index contributed by atoms with van der Waals surface area (Å²) in [6.45, 7) is 3.82. The van der Waals surface area contributed by atoms with Crippen molar-refractivity contribution in [2.75, 3.05) is 36.0 Å². The minimum Gasteiger partial charge on any atom is -0.508 e. The number of hydrogen-bond acceptors (Lipinski definition) is 8. The van der Waals surface area contributed by atoms with E-state index in [2.05, 4.69) is 14.9 Å². The molecule has 0 aliphatic carbocycles. The monoisotopic (exact) mass is 381 g/mol. The summed E-state index contributed by atoms with van der Waals surface area (Å²) in [5.74, 6) is 7.80. The maximum atomic E-state index is 9.58. The van der Waals surface area contributed by atoms with Gasteiger partial charge in [-0.25, -0.2) is 0 Å². The highest BCUT2D eigenvalue weighted by atomic mass is 16.3. The molecule has 2 aliphatic heterocycles. The van der Waals surface area contributed by atoms with Crippen molar-refractivity contribution in [3.8, 4) is 5.75 Å². The molecule has 0 unspecified atom stereocenters. The van der Waals surface area contributed by atoms with Gasteiger partial charge in [-0.2, -0.15) is 20.1 Å². The summed E-state index contributed by atoms with van der Waals surface area (Å²) in [7, 11) is 0. The fourth-order valence-electron chi connectivity index (χ4n) is 3.81. The predicted octanol–water partition coefficient (Wildman–Crippen LogP) is 2.27. The van der Waals surface area contributed by atoms with E-state index in [1.807, 2.05) is 0 Å². The van der Waals surface area contributed by atoms with E-state index >= 15 is 0 Å². The van der Waals surface area contributed by atoms with Gasteiger partial charge >= 0.3 is 0 Å². The molecule has 2 saturated heterocycles. The third-order valence-corrected chi connectivity index (χ3v) is 5.37. The number of benzene rings is 1. The van der Waals surface area contributed by atoms with Crippen molar-refractivity contribution >= 4 is 17.6 Å². The Bertz CT molecular complexity index is 789. The molecule has 0 bridgehead atoms. The molecule has 0 radical (unpaired) electrons. The van der Waals surface area contributed by atoms with Gasteiger partial charge in [-0.3, -0.25) is 0 Å². The van der Waals surface area contributed by atoms with Crippen LogP contribution >= 0.6 is 0 Å². The molecular weight excluding hydrogens is 354 g/mol. The molecule has 2 fully saturated rings. The SMILES string of the molecule is N/N=C(\c1ccc(O)cc1)c1nc(N2CCCCC2)nc(N2CCCCC2)n1. The van der Waals surface area contributed by atoms with Gasteiger partial charge in [0.2, 0.25) is 11.9 Å². The number of piperidine rings is 2. The number of phenolic OH excluding ortho intramolecular Hbond substituents is 1. The lowest BCUT2D eigenvalue weighted by Gasteiger charge is -2.30. The van der Waals surface area contributed by atoms with Gasteiger partial charge < -0.3 is 20.7 Å². The molecule has 8 nitrogen and oxygen atoms in total. The van der Waals surface area contributed by atoms with E-state index in [1.54, 1.807) is 24.3 Å². The summed E-state index contributed by atoms with van der Waals surface area (Å²) in [6, 6.07) is 6.76. The van der Waals surface area contributed by atoms with Gasteiger partial charge in [0.1, 0.15) is 11.5 Å². The van der Waals surface area contributed by atoms with E-state index in [-0.39, 0.29) is 5.75 Å². The van der Waals surface area contributed by atoms with E-state index in [4.69, 9.17) is 20.8 Å². The van der Waals surface area contributed by atoms with Crippen LogP contribution in [0.2, 0.25) is 0 Å². The molecule has 1 aromatic carbocycles. The fourth-order valence-corrected chi connectivity index (χ4v) is 3.81. The second-order valence-electron chi connectivity index (χ2n) is 7.38. The molecule has 4 rings (SSSR count). The zero-order valence-electron chi connectivity index (χ0n) is 16.1. The fraction of sp³-hybridized carbons (Fsp3) is 0.500. The quantitative estimate of drug-likeness (QED) is 0.476. The van der Waals surface area contributed by atoms with Crippen LogP contribution in [-0.2, 0) is 0 Å². The van der Waals surface area contributed by atoms with E-state index in [9.17, 15) is 5.11 Å². The van der Waals surface area contributed by atoms with E-state index in [0.717, 1.165) is 57.4 Å². The average Bonchev–Trinajstić information content (AvgIpc) is 2.77. The first kappa shape index (κ1) is 18.5. The van der Waals surface area contributed by atoms with Crippen LogP contribution in [0, 0.1) is 0 Å². The van der Waals surface area contributed by atoms with Crippen molar-refractivity contribution in [3.63, 3.8) is 0 Å². The molecule has 1 aromatic heterocycles. The largest absolute Gasteiger partial charge is 0.508 e. The third-order valence-electron chi connectivity index (χ3n) is 5.37. The minimum absolute atomic E-state index is 0.193. The third kappa shape index (κ3) is 4.00. The van der Waals surface area contributed by atoms with Crippen LogP contribution in [0.5, 0.6) is 5.75 Å². The summed E-state index contributed by atoms with van der Waals surface area (Å²) in [5, 5.41) is 13.6. The maximum Gasteiger partial charge on any atom is 0.230 e. The van der Waals surface area contributed by atoms with Crippen LogP contribution in [0.3, 0.4) is 0 Å². The van der Waals surface area contributed by atoms with Crippen LogP contribution in [0.25, 0.3) is 0 Å². The Morgan fingerprint density at radius 3 is 1.75 bits per heavy atom. The van der Waals surface area contributed by atoms with Crippen molar-refractivity contribution in [1.29, 1.82) is 0 Å². The van der Waals surface area contributed by atoms with Gasteiger partial charge in [0, 0.05) is 31.7 Å². The number of hydrazone groups is 1. The van der Waals surface area contributed by atoms with Crippen molar-refractivity contribution in [3.05, 3.63) is 35.7 Å². The van der Waals surface area contributed by atoms with Crippen molar-refractivity contribution < 1.29 is 5.11 Å². The number of nitrogens with zero attached hydrogens (tertiary/aromatic N) is 6. The predicted molar refractivity (Wildman–Crippen MR) is 110 cm³/mol. The lowest BCUT2D eigenvalue weighted by molar-refractivity contribution is 0.475. The molecule has 2 aromatic rings. The van der Waals surface area contributed by atoms with Gasteiger partial charge in [0.15, 0.2) is 5.82 Å². The second kappa shape index (κ2) is 8.41. The van der Waals surface area contributed by atoms with Gasteiger partial charge in [-0.05, 0) is 62.8 Å². The first-order valence-electron chi connectivity index (χ1n) is 10.1. The van der Waals surface area contributed by atoms with Gasteiger partial charge in [0.05, 0.1) is 0 Å². The number of aromatic hydroxyl groups is 1. The average molecular weight is 381 g/mol. The Labute approximate surface area is 165 Å². The van der Waals surface area contributed by atoms with Crippen LogP contribution in [0.4, 0.5) is 11.9 Å². The highest BCUT2D eigenvalue weighted by molar-refractivity contribution is 6.10. The zero-order valence-corrected chi connectivity index (χ0v) is 16.1. The molecule has 0 saturated carbocycles. The normalized spacial score (nSPS) is 18.4. The summed E-state index contributed by atoms with van der Waals surface area (Å²) >= 11 is 0. The first-order chi connectivity index (χ1) is 13.7. The second-order valence-corrected chi connectivity index (χ2v) is 7.38. The lowest BCUT2D eigenvalue weighted by Crippen LogP contribution is -2.35. The molecule has 3 N–H and O–H groups in total. The number of hydrogen-bond donors (Lipinski definition) is 2. The number of phenols is 1. The number of rotatable bonds is 4. The summed E-state index contributed by atoms with van der Waals surface area (Å²) in [6.07, 6.45) is 7.09. The lowest BCUT2D eigenvalue weighted by atomic mass is 10.1. The minimum atomic E-state index is 0.193. The van der Waals surface area contributed by atoms with E-state index < -0.39 is 0 Å². The Morgan fingerprint density at radius 2 is 1.29 bits per heavy atom.